The average Bonchev–Trinajstić information content (AvgIpc) is 3.35. The van der Waals surface area contributed by atoms with E-state index >= 15 is 0 Å². The molecule has 1 heterocycles. The van der Waals surface area contributed by atoms with Crippen LogP contribution in [0.3, 0.4) is 0 Å². The molecule has 2 aromatic rings. The maximum atomic E-state index is 13.5. The van der Waals surface area contributed by atoms with Gasteiger partial charge in [0.1, 0.15) is 24.2 Å². The topological polar surface area (TPSA) is 277 Å². The van der Waals surface area contributed by atoms with Crippen LogP contribution in [0.25, 0.3) is 10.9 Å². The Morgan fingerprint density at radius 3 is 2.19 bits per heavy atom. The Bertz CT molecular complexity index is 1230. The highest BCUT2D eigenvalue weighted by Crippen LogP contribution is 2.19. The zero-order valence-electron chi connectivity index (χ0n) is 23.7. The molecule has 42 heavy (non-hydrogen) atoms. The van der Waals surface area contributed by atoms with E-state index in [4.69, 9.17) is 22.9 Å². The van der Waals surface area contributed by atoms with E-state index in [0.29, 0.717) is 31.4 Å². The van der Waals surface area contributed by atoms with E-state index in [1.54, 1.807) is 6.20 Å². The van der Waals surface area contributed by atoms with Crippen molar-refractivity contribution < 1.29 is 29.4 Å². The maximum Gasteiger partial charge on any atom is 0.326 e. The van der Waals surface area contributed by atoms with Crippen molar-refractivity contribution in [3.63, 3.8) is 0 Å². The lowest BCUT2D eigenvalue weighted by molar-refractivity contribution is -0.142. The number of H-pyrrole nitrogens is 1. The molecule has 1 aromatic carbocycles. The number of nitrogens with two attached hydrogens (primary N) is 4. The zero-order valence-corrected chi connectivity index (χ0v) is 23.7. The molecule has 0 radical (unpaired) electrons. The SMILES string of the molecule is CC(O)C(N)C(=O)NC(CCCN=C(N)N)C(=O)NC(Cc1c[nH]c2ccccc12)C(=O)NC(CCCCN)C(=O)O. The lowest BCUT2D eigenvalue weighted by Crippen LogP contribution is -2.58. The molecule has 0 saturated carbocycles. The summed E-state index contributed by atoms with van der Waals surface area (Å²) in [6, 6.07) is 2.55. The van der Waals surface area contributed by atoms with Crippen LogP contribution in [-0.2, 0) is 25.6 Å². The third-order valence-corrected chi connectivity index (χ3v) is 6.69. The number of para-hydroxylation sites is 1. The number of unbranched alkanes of at least 4 members (excludes halogenated alkanes) is 1. The summed E-state index contributed by atoms with van der Waals surface area (Å²) >= 11 is 0. The first kappa shape index (κ1) is 34.0. The van der Waals surface area contributed by atoms with Gasteiger partial charge in [0.15, 0.2) is 5.96 Å². The number of fused-ring (bicyclic) bond motifs is 1. The Morgan fingerprint density at radius 2 is 1.55 bits per heavy atom. The molecule has 15 nitrogen and oxygen atoms in total. The second-order valence-corrected chi connectivity index (χ2v) is 10.1. The maximum absolute atomic E-state index is 13.5. The van der Waals surface area contributed by atoms with Crippen molar-refractivity contribution in [3.05, 3.63) is 36.0 Å². The van der Waals surface area contributed by atoms with Crippen molar-refractivity contribution in [3.8, 4) is 0 Å². The Labute approximate surface area is 243 Å². The van der Waals surface area contributed by atoms with Crippen LogP contribution in [0.2, 0.25) is 0 Å². The number of aliphatic carboxylic acids is 1. The standard InChI is InChI=1S/C27H43N9O6/c1-15(37)22(29)25(40)34-19(10-6-12-32-27(30)31)23(38)36-21(13-16-14-33-18-8-3-2-7-17(16)18)24(39)35-20(26(41)42)9-4-5-11-28/h2-3,7-8,14-15,19-22,33,37H,4-6,9-13,28-29H2,1H3,(H,34,40)(H,35,39)(H,36,38)(H,41,42)(H4,30,31,32). The molecule has 5 atom stereocenters. The molecular weight excluding hydrogens is 546 g/mol. The number of nitrogens with one attached hydrogen (secondary N) is 4. The summed E-state index contributed by atoms with van der Waals surface area (Å²) in [5, 5.41) is 28.0. The number of aliphatic hydroxyl groups excluding tert-OH is 1. The fraction of sp³-hybridized carbons (Fsp3) is 0.519. The average molecular weight is 590 g/mol. The van der Waals surface area contributed by atoms with Crippen molar-refractivity contribution in [2.24, 2.45) is 27.9 Å². The summed E-state index contributed by atoms with van der Waals surface area (Å²) in [6.07, 6.45) is 2.17. The molecular formula is C27H43N9O6. The predicted molar refractivity (Wildman–Crippen MR) is 158 cm³/mol. The van der Waals surface area contributed by atoms with Gasteiger partial charge < -0.3 is 54.1 Å². The minimum absolute atomic E-state index is 0.0264. The summed E-state index contributed by atoms with van der Waals surface area (Å²) < 4.78 is 0. The fourth-order valence-electron chi connectivity index (χ4n) is 4.28. The van der Waals surface area contributed by atoms with Crippen molar-refractivity contribution in [1.29, 1.82) is 0 Å². The molecule has 0 bridgehead atoms. The van der Waals surface area contributed by atoms with Crippen LogP contribution >= 0.6 is 0 Å². The third kappa shape index (κ3) is 10.6. The lowest BCUT2D eigenvalue weighted by atomic mass is 10.0. The highest BCUT2D eigenvalue weighted by atomic mass is 16.4. The number of aromatic amines is 1. The number of carbonyl (C=O) groups excluding carboxylic acids is 3. The van der Waals surface area contributed by atoms with Gasteiger partial charge in [0.2, 0.25) is 17.7 Å². The smallest absolute Gasteiger partial charge is 0.326 e. The van der Waals surface area contributed by atoms with Gasteiger partial charge in [-0.15, -0.1) is 0 Å². The first-order valence-corrected chi connectivity index (χ1v) is 13.8. The second kappa shape index (κ2) is 16.9. The van der Waals surface area contributed by atoms with Gasteiger partial charge in [-0.25, -0.2) is 4.79 Å². The Kier molecular flexibility index (Phi) is 13.7. The largest absolute Gasteiger partial charge is 0.480 e. The van der Waals surface area contributed by atoms with Crippen LogP contribution in [0.1, 0.15) is 44.6 Å². The number of amides is 3. The molecule has 14 N–H and O–H groups in total. The van der Waals surface area contributed by atoms with Gasteiger partial charge in [-0.1, -0.05) is 18.2 Å². The Balaban J connectivity index is 2.32. The van der Waals surface area contributed by atoms with Gasteiger partial charge in [0, 0.05) is 30.1 Å². The van der Waals surface area contributed by atoms with E-state index in [9.17, 15) is 29.4 Å². The number of hydrogen-bond acceptors (Lipinski definition) is 8. The summed E-state index contributed by atoms with van der Waals surface area (Å²) in [5.74, 6) is -3.53. The molecule has 0 fully saturated rings. The van der Waals surface area contributed by atoms with E-state index in [0.717, 1.165) is 10.9 Å². The number of nitrogens with zero attached hydrogens (tertiary/aromatic N) is 1. The highest BCUT2D eigenvalue weighted by molar-refractivity contribution is 5.95. The molecule has 15 heteroatoms. The normalized spacial score (nSPS) is 14.7. The van der Waals surface area contributed by atoms with Crippen molar-refractivity contribution in [2.45, 2.75) is 75.7 Å². The molecule has 1 aromatic heterocycles. The molecule has 232 valence electrons. The number of carbonyl (C=O) groups is 4. The number of hydrogen-bond donors (Lipinski definition) is 10. The minimum Gasteiger partial charge on any atom is -0.480 e. The van der Waals surface area contributed by atoms with Gasteiger partial charge in [-0.05, 0) is 57.2 Å². The number of benzene rings is 1. The van der Waals surface area contributed by atoms with Gasteiger partial charge in [-0.2, -0.15) is 0 Å². The summed E-state index contributed by atoms with van der Waals surface area (Å²) in [4.78, 5) is 58.4. The lowest BCUT2D eigenvalue weighted by Gasteiger charge is -2.25. The number of rotatable bonds is 18. The summed E-state index contributed by atoms with van der Waals surface area (Å²) in [6.45, 7) is 1.90. The zero-order chi connectivity index (χ0) is 31.2. The van der Waals surface area contributed by atoms with Gasteiger partial charge in [0.05, 0.1) is 6.10 Å². The van der Waals surface area contributed by atoms with Gasteiger partial charge in [-0.3, -0.25) is 19.4 Å². The van der Waals surface area contributed by atoms with Crippen LogP contribution in [0, 0.1) is 0 Å². The fourth-order valence-corrected chi connectivity index (χ4v) is 4.28. The molecule has 0 saturated heterocycles. The Morgan fingerprint density at radius 1 is 0.929 bits per heavy atom. The summed E-state index contributed by atoms with van der Waals surface area (Å²) in [7, 11) is 0. The number of carboxylic acid groups (broad SMARTS) is 1. The van der Waals surface area contributed by atoms with Crippen molar-refractivity contribution in [2.75, 3.05) is 13.1 Å². The molecule has 2 rings (SSSR count). The predicted octanol–water partition coefficient (Wildman–Crippen LogP) is -1.86. The van der Waals surface area contributed by atoms with Crippen molar-refractivity contribution in [1.82, 2.24) is 20.9 Å². The van der Waals surface area contributed by atoms with E-state index in [-0.39, 0.29) is 31.8 Å². The number of aromatic nitrogens is 1. The second-order valence-electron chi connectivity index (χ2n) is 10.1. The van der Waals surface area contributed by atoms with E-state index in [2.05, 4.69) is 25.9 Å². The molecule has 0 aliphatic carbocycles. The quantitative estimate of drug-likeness (QED) is 0.0526. The molecule has 0 aliphatic rings. The minimum atomic E-state index is -1.30. The van der Waals surface area contributed by atoms with E-state index < -0.39 is 54.0 Å². The van der Waals surface area contributed by atoms with Gasteiger partial charge in [0.25, 0.3) is 0 Å². The van der Waals surface area contributed by atoms with E-state index in [1.165, 1.54) is 6.92 Å². The number of guanidine groups is 1. The highest BCUT2D eigenvalue weighted by Gasteiger charge is 2.31. The van der Waals surface area contributed by atoms with Crippen LogP contribution in [0.5, 0.6) is 0 Å². The van der Waals surface area contributed by atoms with Crippen LogP contribution in [-0.4, -0.2) is 88.2 Å². The molecule has 0 spiro atoms. The van der Waals surface area contributed by atoms with Crippen LogP contribution in [0.4, 0.5) is 0 Å². The number of aliphatic hydroxyl groups is 1. The van der Waals surface area contributed by atoms with E-state index in [1.807, 2.05) is 24.3 Å². The van der Waals surface area contributed by atoms with Crippen molar-refractivity contribution >= 4 is 40.6 Å². The number of carboxylic acids is 1. The molecule has 3 amide bonds. The molecule has 5 unspecified atom stereocenters. The van der Waals surface area contributed by atoms with Crippen LogP contribution in [0.15, 0.2) is 35.5 Å². The third-order valence-electron chi connectivity index (χ3n) is 6.69. The monoisotopic (exact) mass is 589 g/mol. The van der Waals surface area contributed by atoms with Crippen LogP contribution < -0.4 is 38.9 Å². The Hall–Kier alpha value is -4.21. The summed E-state index contributed by atoms with van der Waals surface area (Å²) in [5.41, 5.74) is 23.5. The number of aliphatic imine (C=N–C) groups is 1. The molecule has 0 aliphatic heterocycles. The first-order valence-electron chi connectivity index (χ1n) is 13.8. The van der Waals surface area contributed by atoms with Gasteiger partial charge >= 0.3 is 5.97 Å². The first-order chi connectivity index (χ1) is 19.9.